The van der Waals surface area contributed by atoms with Crippen molar-refractivity contribution in [2.45, 2.75) is 58.4 Å². The average molecular weight is 209 g/mol. The van der Waals surface area contributed by atoms with Crippen molar-refractivity contribution in [2.75, 3.05) is 0 Å². The molecule has 2 nitrogen and oxygen atoms in total. The molecule has 1 heterocycles. The molecular formula is C13H23NO. The van der Waals surface area contributed by atoms with Crippen molar-refractivity contribution in [1.29, 1.82) is 0 Å². The zero-order valence-electron chi connectivity index (χ0n) is 9.96. The van der Waals surface area contributed by atoms with Crippen LogP contribution in [0.3, 0.4) is 0 Å². The number of nitrogens with two attached hydrogens (primary N) is 1. The van der Waals surface area contributed by atoms with Gasteiger partial charge in [0.05, 0.1) is 6.04 Å². The highest BCUT2D eigenvalue weighted by Gasteiger charge is 2.09. The van der Waals surface area contributed by atoms with Gasteiger partial charge in [0.25, 0.3) is 0 Å². The van der Waals surface area contributed by atoms with E-state index in [-0.39, 0.29) is 6.04 Å². The normalized spacial score (nSPS) is 13.0. The summed E-state index contributed by atoms with van der Waals surface area (Å²) in [6.45, 7) is 4.31. The second kappa shape index (κ2) is 6.67. The Hall–Kier alpha value is -0.760. The highest BCUT2D eigenvalue weighted by molar-refractivity contribution is 5.10. The lowest BCUT2D eigenvalue weighted by Crippen LogP contribution is -2.08. The first-order chi connectivity index (χ1) is 7.27. The van der Waals surface area contributed by atoms with Crippen molar-refractivity contribution >= 4 is 0 Å². The molecule has 15 heavy (non-hydrogen) atoms. The zero-order valence-corrected chi connectivity index (χ0v) is 9.96. The van der Waals surface area contributed by atoms with Gasteiger partial charge in [0.15, 0.2) is 0 Å². The Bertz CT molecular complexity index is 267. The van der Waals surface area contributed by atoms with E-state index in [1.807, 2.05) is 12.1 Å². The van der Waals surface area contributed by atoms with E-state index in [4.69, 9.17) is 10.2 Å². The van der Waals surface area contributed by atoms with E-state index in [1.54, 1.807) is 0 Å². The summed E-state index contributed by atoms with van der Waals surface area (Å²) in [6.07, 6.45) is 7.06. The van der Waals surface area contributed by atoms with Gasteiger partial charge in [0.2, 0.25) is 0 Å². The predicted octanol–water partition coefficient (Wildman–Crippen LogP) is 3.81. The predicted molar refractivity (Wildman–Crippen MR) is 63.8 cm³/mol. The van der Waals surface area contributed by atoms with E-state index in [0.717, 1.165) is 24.4 Å². The summed E-state index contributed by atoms with van der Waals surface area (Å²) in [4.78, 5) is 0. The molecule has 1 atom stereocenters. The number of unbranched alkanes of at least 4 members (excludes halogenated alkanes) is 3. The minimum atomic E-state index is 0.0853. The number of rotatable bonds is 7. The lowest BCUT2D eigenvalue weighted by molar-refractivity contribution is 0.417. The first-order valence-corrected chi connectivity index (χ1v) is 6.12. The number of aryl methyl sites for hydroxylation is 1. The van der Waals surface area contributed by atoms with Gasteiger partial charge in [-0.2, -0.15) is 0 Å². The minimum Gasteiger partial charge on any atom is -0.464 e. The minimum absolute atomic E-state index is 0.0853. The van der Waals surface area contributed by atoms with Crippen LogP contribution in [-0.2, 0) is 6.42 Å². The van der Waals surface area contributed by atoms with Crippen LogP contribution in [0.4, 0.5) is 0 Å². The standard InChI is InChI=1S/C13H23NO/c1-3-5-6-7-8-12(14)13-10-9-11(4-2)15-13/h9-10,12H,3-8,14H2,1-2H3. The molecule has 0 aliphatic carbocycles. The Morgan fingerprint density at radius 2 is 2.00 bits per heavy atom. The third-order valence-corrected chi connectivity index (χ3v) is 2.77. The van der Waals surface area contributed by atoms with Crippen LogP contribution in [0, 0.1) is 0 Å². The van der Waals surface area contributed by atoms with E-state index in [0.29, 0.717) is 0 Å². The fraction of sp³-hybridized carbons (Fsp3) is 0.692. The Morgan fingerprint density at radius 1 is 1.20 bits per heavy atom. The molecular weight excluding hydrogens is 186 g/mol. The lowest BCUT2D eigenvalue weighted by Gasteiger charge is -2.07. The van der Waals surface area contributed by atoms with E-state index in [9.17, 15) is 0 Å². The van der Waals surface area contributed by atoms with Gasteiger partial charge >= 0.3 is 0 Å². The summed E-state index contributed by atoms with van der Waals surface area (Å²) in [5.41, 5.74) is 6.05. The fourth-order valence-corrected chi connectivity index (χ4v) is 1.72. The van der Waals surface area contributed by atoms with Gasteiger partial charge in [0.1, 0.15) is 11.5 Å². The molecule has 0 amide bonds. The van der Waals surface area contributed by atoms with Crippen LogP contribution in [0.1, 0.15) is 63.5 Å². The molecule has 1 unspecified atom stereocenters. The molecule has 0 radical (unpaired) electrons. The summed E-state index contributed by atoms with van der Waals surface area (Å²) < 4.78 is 5.63. The smallest absolute Gasteiger partial charge is 0.120 e. The molecule has 0 aliphatic heterocycles. The average Bonchev–Trinajstić information content (AvgIpc) is 2.72. The molecule has 0 fully saturated rings. The second-order valence-electron chi connectivity index (χ2n) is 4.11. The Morgan fingerprint density at radius 3 is 2.60 bits per heavy atom. The molecule has 1 rings (SSSR count). The SMILES string of the molecule is CCCCCCC(N)c1ccc(CC)o1. The van der Waals surface area contributed by atoms with Crippen LogP contribution in [-0.4, -0.2) is 0 Å². The maximum Gasteiger partial charge on any atom is 0.120 e. The van der Waals surface area contributed by atoms with E-state index in [1.165, 1.54) is 25.7 Å². The first kappa shape index (κ1) is 12.3. The second-order valence-corrected chi connectivity index (χ2v) is 4.11. The Balaban J connectivity index is 2.29. The van der Waals surface area contributed by atoms with Gasteiger partial charge in [-0.25, -0.2) is 0 Å². The monoisotopic (exact) mass is 209 g/mol. The van der Waals surface area contributed by atoms with Crippen molar-refractivity contribution in [3.05, 3.63) is 23.7 Å². The van der Waals surface area contributed by atoms with Gasteiger partial charge in [-0.3, -0.25) is 0 Å². The Labute approximate surface area is 92.9 Å². The van der Waals surface area contributed by atoms with Gasteiger partial charge in [-0.05, 0) is 18.6 Å². The number of hydrogen-bond donors (Lipinski definition) is 1. The molecule has 0 spiro atoms. The molecule has 1 aromatic rings. The highest BCUT2D eigenvalue weighted by Crippen LogP contribution is 2.20. The summed E-state index contributed by atoms with van der Waals surface area (Å²) in [5, 5.41) is 0. The van der Waals surface area contributed by atoms with Crippen LogP contribution in [0.25, 0.3) is 0 Å². The van der Waals surface area contributed by atoms with Crippen molar-refractivity contribution in [2.24, 2.45) is 5.73 Å². The van der Waals surface area contributed by atoms with E-state index in [2.05, 4.69) is 13.8 Å². The summed E-state index contributed by atoms with van der Waals surface area (Å²) in [7, 11) is 0. The summed E-state index contributed by atoms with van der Waals surface area (Å²) in [6, 6.07) is 4.13. The van der Waals surface area contributed by atoms with Crippen molar-refractivity contribution in [3.8, 4) is 0 Å². The van der Waals surface area contributed by atoms with Crippen molar-refractivity contribution < 1.29 is 4.42 Å². The number of furan rings is 1. The molecule has 2 heteroatoms. The largest absolute Gasteiger partial charge is 0.464 e. The fourth-order valence-electron chi connectivity index (χ4n) is 1.72. The van der Waals surface area contributed by atoms with Crippen LogP contribution < -0.4 is 5.73 Å². The van der Waals surface area contributed by atoms with Crippen LogP contribution in [0.15, 0.2) is 16.5 Å². The molecule has 0 aliphatic rings. The molecule has 0 saturated heterocycles. The zero-order chi connectivity index (χ0) is 11.1. The summed E-state index contributed by atoms with van der Waals surface area (Å²) >= 11 is 0. The lowest BCUT2D eigenvalue weighted by atomic mass is 10.1. The van der Waals surface area contributed by atoms with E-state index >= 15 is 0 Å². The van der Waals surface area contributed by atoms with Gasteiger partial charge in [0, 0.05) is 6.42 Å². The van der Waals surface area contributed by atoms with Crippen LogP contribution >= 0.6 is 0 Å². The molecule has 0 bridgehead atoms. The first-order valence-electron chi connectivity index (χ1n) is 6.12. The maximum absolute atomic E-state index is 6.05. The molecule has 86 valence electrons. The molecule has 0 saturated carbocycles. The van der Waals surface area contributed by atoms with E-state index < -0.39 is 0 Å². The maximum atomic E-state index is 6.05. The quantitative estimate of drug-likeness (QED) is 0.693. The third kappa shape index (κ3) is 4.08. The Kier molecular flexibility index (Phi) is 5.48. The van der Waals surface area contributed by atoms with Gasteiger partial charge in [-0.1, -0.05) is 39.5 Å². The third-order valence-electron chi connectivity index (χ3n) is 2.77. The van der Waals surface area contributed by atoms with Gasteiger partial charge < -0.3 is 10.2 Å². The molecule has 0 aromatic carbocycles. The highest BCUT2D eigenvalue weighted by atomic mass is 16.3. The van der Waals surface area contributed by atoms with Crippen LogP contribution in [0.2, 0.25) is 0 Å². The molecule has 2 N–H and O–H groups in total. The topological polar surface area (TPSA) is 39.2 Å². The van der Waals surface area contributed by atoms with Crippen molar-refractivity contribution in [3.63, 3.8) is 0 Å². The molecule has 1 aromatic heterocycles. The van der Waals surface area contributed by atoms with Crippen LogP contribution in [0.5, 0.6) is 0 Å². The van der Waals surface area contributed by atoms with Crippen molar-refractivity contribution in [1.82, 2.24) is 0 Å². The summed E-state index contributed by atoms with van der Waals surface area (Å²) in [5.74, 6) is 1.98. The van der Waals surface area contributed by atoms with Gasteiger partial charge in [-0.15, -0.1) is 0 Å². The number of hydrogen-bond acceptors (Lipinski definition) is 2.